The molecule has 0 saturated carbocycles. The Morgan fingerprint density at radius 1 is 1.21 bits per heavy atom. The van der Waals surface area contributed by atoms with Crippen LogP contribution in [-0.2, 0) is 12.0 Å². The molecule has 0 amide bonds. The van der Waals surface area contributed by atoms with Gasteiger partial charge in [-0.25, -0.2) is 9.97 Å². The summed E-state index contributed by atoms with van der Waals surface area (Å²) in [5, 5.41) is 25.9. The molecule has 168 valence electrons. The average Bonchev–Trinajstić information content (AvgIpc) is 3.08. The number of rotatable bonds is 4. The molecule has 1 aromatic carbocycles. The van der Waals surface area contributed by atoms with Crippen LogP contribution in [0.1, 0.15) is 35.4 Å². The van der Waals surface area contributed by atoms with Gasteiger partial charge < -0.3 is 16.4 Å². The molecule has 1 fully saturated rings. The molecule has 0 unspecified atom stereocenters. The van der Waals surface area contributed by atoms with Crippen LogP contribution in [0.25, 0.3) is 0 Å². The first kappa shape index (κ1) is 22.0. The first-order chi connectivity index (χ1) is 16.0. The predicted molar refractivity (Wildman–Crippen MR) is 127 cm³/mol. The highest BCUT2D eigenvalue weighted by Crippen LogP contribution is 2.56. The van der Waals surface area contributed by atoms with E-state index < -0.39 is 5.54 Å². The Labute approximate surface area is 201 Å². The molecule has 2 aromatic heterocycles. The van der Waals surface area contributed by atoms with Gasteiger partial charge in [-0.05, 0) is 61.7 Å². The van der Waals surface area contributed by atoms with Crippen LogP contribution in [0.4, 0.5) is 5.82 Å². The van der Waals surface area contributed by atoms with E-state index in [0.29, 0.717) is 27.3 Å². The van der Waals surface area contributed by atoms with E-state index >= 15 is 0 Å². The lowest BCUT2D eigenvalue weighted by Crippen LogP contribution is -2.56. The van der Waals surface area contributed by atoms with Gasteiger partial charge in [-0.1, -0.05) is 29.4 Å². The van der Waals surface area contributed by atoms with Gasteiger partial charge in [-0.3, -0.25) is 0 Å². The third kappa shape index (κ3) is 3.54. The third-order valence-corrected chi connectivity index (χ3v) is 8.23. The van der Waals surface area contributed by atoms with Crippen molar-refractivity contribution >= 4 is 29.2 Å². The fraction of sp³-hybridized carbons (Fsp3) is 0.348. The maximum absolute atomic E-state index is 9.38. The Kier molecular flexibility index (Phi) is 5.70. The van der Waals surface area contributed by atoms with E-state index in [4.69, 9.17) is 22.3 Å². The molecule has 1 saturated heterocycles. The van der Waals surface area contributed by atoms with Gasteiger partial charge in [0.1, 0.15) is 16.4 Å². The molecule has 1 atom stereocenters. The maximum Gasteiger partial charge on any atom is 0.176 e. The van der Waals surface area contributed by atoms with Crippen LogP contribution in [0.2, 0.25) is 5.02 Å². The average molecular weight is 479 g/mol. The van der Waals surface area contributed by atoms with Crippen molar-refractivity contribution in [2.24, 2.45) is 11.1 Å². The number of fused-ring (bicyclic) bond motifs is 1. The van der Waals surface area contributed by atoms with Crippen molar-refractivity contribution < 1.29 is 0 Å². The number of halogens is 1. The minimum absolute atomic E-state index is 0.221. The quantitative estimate of drug-likeness (QED) is 0.518. The molecular formula is C23H23ClN8S. The van der Waals surface area contributed by atoms with Crippen molar-refractivity contribution in [3.63, 3.8) is 0 Å². The summed E-state index contributed by atoms with van der Waals surface area (Å²) in [4.78, 5) is 9.73. The summed E-state index contributed by atoms with van der Waals surface area (Å²) in [7, 11) is 1.77. The van der Waals surface area contributed by atoms with Gasteiger partial charge in [0.25, 0.3) is 0 Å². The number of nitrogens with one attached hydrogen (secondary N) is 2. The molecule has 1 aliphatic heterocycles. The molecule has 0 radical (unpaired) electrons. The molecular weight excluding hydrogens is 456 g/mol. The highest BCUT2D eigenvalue weighted by molar-refractivity contribution is 7.99. The number of anilines is 1. The van der Waals surface area contributed by atoms with Crippen LogP contribution in [0.5, 0.6) is 0 Å². The van der Waals surface area contributed by atoms with Crippen molar-refractivity contribution in [2.75, 3.05) is 25.5 Å². The first-order valence-electron chi connectivity index (χ1n) is 10.7. The number of piperidine rings is 1. The molecule has 3 heterocycles. The number of pyridine rings is 1. The fourth-order valence-electron chi connectivity index (χ4n) is 5.10. The van der Waals surface area contributed by atoms with Gasteiger partial charge in [-0.15, -0.1) is 10.2 Å². The van der Waals surface area contributed by atoms with Gasteiger partial charge >= 0.3 is 0 Å². The van der Waals surface area contributed by atoms with E-state index in [0.717, 1.165) is 48.4 Å². The second kappa shape index (κ2) is 8.54. The van der Waals surface area contributed by atoms with Crippen molar-refractivity contribution in [3.8, 4) is 6.07 Å². The Balaban J connectivity index is 1.53. The van der Waals surface area contributed by atoms with Gasteiger partial charge in [0.05, 0.1) is 22.9 Å². The number of aromatic nitrogens is 4. The molecule has 0 bridgehead atoms. The zero-order chi connectivity index (χ0) is 23.1. The van der Waals surface area contributed by atoms with Crippen LogP contribution in [0.15, 0.2) is 46.6 Å². The molecule has 2 aliphatic rings. The smallest absolute Gasteiger partial charge is 0.176 e. The van der Waals surface area contributed by atoms with Crippen molar-refractivity contribution in [1.29, 1.82) is 5.26 Å². The van der Waals surface area contributed by atoms with Crippen LogP contribution in [-0.4, -0.2) is 40.3 Å². The Bertz CT molecular complexity index is 1240. The summed E-state index contributed by atoms with van der Waals surface area (Å²) in [6.07, 6.45) is 6.00. The van der Waals surface area contributed by atoms with Crippen LogP contribution < -0.4 is 16.4 Å². The van der Waals surface area contributed by atoms with Gasteiger partial charge in [0, 0.05) is 23.6 Å². The zero-order valence-corrected chi connectivity index (χ0v) is 19.7. The lowest BCUT2D eigenvalue weighted by molar-refractivity contribution is 0.113. The SMILES string of the molecule is CNc1nccc(Sc2cnc([C@]3(N)c4ccc(C#N)cc4CC34CCNCC4)nn2)c1Cl. The monoisotopic (exact) mass is 478 g/mol. The molecule has 33 heavy (non-hydrogen) atoms. The summed E-state index contributed by atoms with van der Waals surface area (Å²) < 4.78 is 0. The molecule has 1 spiro atoms. The molecule has 8 nitrogen and oxygen atoms in total. The summed E-state index contributed by atoms with van der Waals surface area (Å²) in [5.74, 6) is 1.11. The minimum Gasteiger partial charge on any atom is -0.372 e. The Morgan fingerprint density at radius 2 is 2.03 bits per heavy atom. The Hall–Kier alpha value is -2.77. The lowest BCUT2D eigenvalue weighted by Gasteiger charge is -2.45. The second-order valence-corrected chi connectivity index (χ2v) is 9.88. The van der Waals surface area contributed by atoms with E-state index in [1.54, 1.807) is 19.4 Å². The number of nitriles is 1. The van der Waals surface area contributed by atoms with Crippen LogP contribution in [0, 0.1) is 16.7 Å². The maximum atomic E-state index is 9.38. The van der Waals surface area contributed by atoms with Crippen molar-refractivity contribution in [3.05, 3.63) is 64.2 Å². The topological polar surface area (TPSA) is 125 Å². The molecule has 1 aliphatic carbocycles. The number of benzene rings is 1. The number of hydrogen-bond donors (Lipinski definition) is 3. The third-order valence-electron chi connectivity index (χ3n) is 6.78. The summed E-state index contributed by atoms with van der Waals surface area (Å²) in [6.45, 7) is 1.77. The van der Waals surface area contributed by atoms with Crippen molar-refractivity contribution in [1.82, 2.24) is 25.5 Å². The molecule has 4 N–H and O–H groups in total. The van der Waals surface area contributed by atoms with Crippen LogP contribution in [0.3, 0.4) is 0 Å². The Morgan fingerprint density at radius 3 is 2.73 bits per heavy atom. The second-order valence-electron chi connectivity index (χ2n) is 8.44. The zero-order valence-electron chi connectivity index (χ0n) is 18.1. The number of hydrogen-bond acceptors (Lipinski definition) is 9. The normalized spacial score (nSPS) is 20.9. The van der Waals surface area contributed by atoms with E-state index in [1.807, 2.05) is 24.3 Å². The molecule has 3 aromatic rings. The van der Waals surface area contributed by atoms with E-state index in [9.17, 15) is 5.26 Å². The molecule has 5 rings (SSSR count). The highest BCUT2D eigenvalue weighted by Gasteiger charge is 2.58. The fourth-order valence-corrected chi connectivity index (χ4v) is 6.15. The minimum atomic E-state index is -0.873. The number of nitrogens with two attached hydrogens (primary N) is 1. The van der Waals surface area contributed by atoms with Crippen LogP contribution >= 0.6 is 23.4 Å². The summed E-state index contributed by atoms with van der Waals surface area (Å²) in [5.41, 5.74) is 8.87. The summed E-state index contributed by atoms with van der Waals surface area (Å²) >= 11 is 7.81. The highest BCUT2D eigenvalue weighted by atomic mass is 35.5. The summed E-state index contributed by atoms with van der Waals surface area (Å²) in [6, 6.07) is 9.81. The van der Waals surface area contributed by atoms with E-state index in [2.05, 4.69) is 31.9 Å². The van der Waals surface area contributed by atoms with Gasteiger partial charge in [-0.2, -0.15) is 5.26 Å². The first-order valence-corrected chi connectivity index (χ1v) is 11.9. The number of nitrogens with zero attached hydrogens (tertiary/aromatic N) is 5. The van der Waals surface area contributed by atoms with Gasteiger partial charge in [0.2, 0.25) is 0 Å². The van der Waals surface area contributed by atoms with E-state index in [-0.39, 0.29) is 5.41 Å². The van der Waals surface area contributed by atoms with Crippen molar-refractivity contribution in [2.45, 2.75) is 34.7 Å². The predicted octanol–water partition coefficient (Wildman–Crippen LogP) is 3.11. The van der Waals surface area contributed by atoms with E-state index in [1.165, 1.54) is 11.8 Å². The lowest BCUT2D eigenvalue weighted by atomic mass is 9.64. The largest absolute Gasteiger partial charge is 0.372 e. The standard InChI is InChI=1S/C23H23ClN8S/c1-27-20-19(24)17(4-7-29-20)33-18-13-30-21(32-31-18)23(26)16-3-2-14(12-25)10-15(16)11-22(23)5-8-28-9-6-22/h2-4,7,10,13,28H,5-6,8-9,11,26H2,1H3,(H,27,29)/t23-/m1/s1. The molecule has 10 heteroatoms. The van der Waals surface area contributed by atoms with Gasteiger partial charge in [0.15, 0.2) is 5.82 Å².